The van der Waals surface area contributed by atoms with E-state index in [0.29, 0.717) is 23.5 Å². The summed E-state index contributed by atoms with van der Waals surface area (Å²) in [7, 11) is -3.60. The molecule has 0 spiro atoms. The predicted molar refractivity (Wildman–Crippen MR) is 105 cm³/mol. The van der Waals surface area contributed by atoms with E-state index in [0.717, 1.165) is 24.1 Å². The number of nitriles is 1. The summed E-state index contributed by atoms with van der Waals surface area (Å²) in [6.07, 6.45) is 8.44. The number of hydrogen-bond donors (Lipinski definition) is 1. The molecule has 0 aliphatic carbocycles. The Bertz CT molecular complexity index is 928. The number of hydrogen-bond acceptors (Lipinski definition) is 5. The zero-order valence-corrected chi connectivity index (χ0v) is 15.9. The fraction of sp³-hybridized carbons (Fsp3) is 0.250. The summed E-state index contributed by atoms with van der Waals surface area (Å²) in [4.78, 5) is -0.257. The van der Waals surface area contributed by atoms with Gasteiger partial charge < -0.3 is 10.1 Å². The fourth-order valence-electron chi connectivity index (χ4n) is 2.42. The summed E-state index contributed by atoms with van der Waals surface area (Å²) in [6.45, 7) is 4.80. The largest absolute Gasteiger partial charge is 0.462 e. The van der Waals surface area contributed by atoms with Gasteiger partial charge in [-0.3, -0.25) is 0 Å². The molecule has 1 aromatic rings. The van der Waals surface area contributed by atoms with Crippen molar-refractivity contribution in [1.29, 1.82) is 5.26 Å². The first-order chi connectivity index (χ1) is 12.4. The van der Waals surface area contributed by atoms with Crippen LogP contribution in [0.25, 0.3) is 6.08 Å². The SMILES string of the molecule is CCNc1ccc(C=CC2=CC(=C(C#N)S(C)(=O)=O)C=C(CC)O2)cc1. The van der Waals surface area contributed by atoms with Gasteiger partial charge in [-0.1, -0.05) is 25.1 Å². The van der Waals surface area contributed by atoms with Crippen molar-refractivity contribution in [3.05, 3.63) is 70.1 Å². The van der Waals surface area contributed by atoms with Crippen LogP contribution < -0.4 is 5.32 Å². The second-order valence-electron chi connectivity index (χ2n) is 5.77. The Labute approximate surface area is 154 Å². The van der Waals surface area contributed by atoms with Gasteiger partial charge in [-0.05, 0) is 42.8 Å². The molecule has 26 heavy (non-hydrogen) atoms. The molecule has 0 unspecified atom stereocenters. The Balaban J connectivity index is 2.34. The van der Waals surface area contributed by atoms with E-state index >= 15 is 0 Å². The maximum absolute atomic E-state index is 11.8. The van der Waals surface area contributed by atoms with E-state index in [9.17, 15) is 13.7 Å². The molecule has 136 valence electrons. The number of allylic oxidation sites excluding steroid dienone is 6. The van der Waals surface area contributed by atoms with Crippen LogP contribution in [0.5, 0.6) is 0 Å². The summed E-state index contributed by atoms with van der Waals surface area (Å²) >= 11 is 0. The molecule has 0 saturated heterocycles. The zero-order valence-electron chi connectivity index (χ0n) is 15.1. The minimum atomic E-state index is -3.60. The van der Waals surface area contributed by atoms with E-state index in [-0.39, 0.29) is 4.91 Å². The second-order valence-corrected chi connectivity index (χ2v) is 7.72. The summed E-state index contributed by atoms with van der Waals surface area (Å²) in [5.41, 5.74) is 2.38. The monoisotopic (exact) mass is 370 g/mol. The minimum absolute atomic E-state index is 0.257. The zero-order chi connectivity index (χ0) is 19.2. The van der Waals surface area contributed by atoms with Gasteiger partial charge in [0, 0.05) is 30.5 Å². The third-order valence-corrected chi connectivity index (χ3v) is 4.75. The maximum Gasteiger partial charge on any atom is 0.186 e. The summed E-state index contributed by atoms with van der Waals surface area (Å²) in [5.74, 6) is 1.10. The standard InChI is InChI=1S/C20H22N2O3S/c1-4-18-12-16(20(14-21)26(3,23)24)13-19(25-18)11-8-15-6-9-17(10-7-15)22-5-2/h6-13,22H,4-5H2,1-3H3. The molecule has 2 rings (SSSR count). The Morgan fingerprint density at radius 3 is 2.42 bits per heavy atom. The molecule has 1 heterocycles. The van der Waals surface area contributed by atoms with Gasteiger partial charge in [0.25, 0.3) is 0 Å². The van der Waals surface area contributed by atoms with Crippen molar-refractivity contribution in [3.63, 3.8) is 0 Å². The quantitative estimate of drug-likeness (QED) is 0.761. The highest BCUT2D eigenvalue weighted by Crippen LogP contribution is 2.26. The molecule has 1 aromatic carbocycles. The lowest BCUT2D eigenvalue weighted by Crippen LogP contribution is -2.05. The van der Waals surface area contributed by atoms with Crippen molar-refractivity contribution in [2.24, 2.45) is 0 Å². The van der Waals surface area contributed by atoms with Gasteiger partial charge in [0.05, 0.1) is 0 Å². The molecule has 5 nitrogen and oxygen atoms in total. The van der Waals surface area contributed by atoms with Gasteiger partial charge in [0.15, 0.2) is 14.7 Å². The van der Waals surface area contributed by atoms with E-state index in [1.807, 2.05) is 44.2 Å². The van der Waals surface area contributed by atoms with E-state index in [1.165, 1.54) is 0 Å². The van der Waals surface area contributed by atoms with Crippen LogP contribution in [0.4, 0.5) is 5.69 Å². The number of rotatable bonds is 6. The molecule has 0 bridgehead atoms. The van der Waals surface area contributed by atoms with Crippen molar-refractivity contribution in [2.75, 3.05) is 18.1 Å². The van der Waals surface area contributed by atoms with Gasteiger partial charge >= 0.3 is 0 Å². The Morgan fingerprint density at radius 2 is 1.88 bits per heavy atom. The number of nitrogens with one attached hydrogen (secondary N) is 1. The highest BCUT2D eigenvalue weighted by atomic mass is 32.2. The van der Waals surface area contributed by atoms with Crippen molar-refractivity contribution in [3.8, 4) is 6.07 Å². The first-order valence-electron chi connectivity index (χ1n) is 8.34. The lowest BCUT2D eigenvalue weighted by atomic mass is 10.1. The molecule has 0 aromatic heterocycles. The summed E-state index contributed by atoms with van der Waals surface area (Å²) < 4.78 is 29.4. The summed E-state index contributed by atoms with van der Waals surface area (Å²) in [6, 6.07) is 9.71. The third kappa shape index (κ3) is 5.11. The molecular formula is C20H22N2O3S. The van der Waals surface area contributed by atoms with Crippen LogP contribution in [0.3, 0.4) is 0 Å². The smallest absolute Gasteiger partial charge is 0.186 e. The van der Waals surface area contributed by atoms with Crippen LogP contribution in [0, 0.1) is 11.3 Å². The van der Waals surface area contributed by atoms with Gasteiger partial charge in [0.2, 0.25) is 0 Å². The molecule has 6 heteroatoms. The lowest BCUT2D eigenvalue weighted by Gasteiger charge is -2.16. The number of ether oxygens (including phenoxy) is 1. The highest BCUT2D eigenvalue weighted by molar-refractivity contribution is 7.94. The van der Waals surface area contributed by atoms with Crippen molar-refractivity contribution in [2.45, 2.75) is 20.3 Å². The van der Waals surface area contributed by atoms with Crippen molar-refractivity contribution in [1.82, 2.24) is 0 Å². The van der Waals surface area contributed by atoms with Crippen LogP contribution in [0.15, 0.2) is 64.5 Å². The van der Waals surface area contributed by atoms with E-state index < -0.39 is 9.84 Å². The van der Waals surface area contributed by atoms with Crippen LogP contribution in [0.2, 0.25) is 0 Å². The number of benzene rings is 1. The molecule has 0 radical (unpaired) electrons. The van der Waals surface area contributed by atoms with Crippen LogP contribution in [0.1, 0.15) is 25.8 Å². The van der Waals surface area contributed by atoms with Crippen LogP contribution in [-0.2, 0) is 14.6 Å². The Morgan fingerprint density at radius 1 is 1.19 bits per heavy atom. The molecule has 0 atom stereocenters. The Hall–Kier alpha value is -2.78. The van der Waals surface area contributed by atoms with E-state index in [2.05, 4.69) is 5.32 Å². The molecule has 1 aliphatic heterocycles. The van der Waals surface area contributed by atoms with Crippen molar-refractivity contribution >= 4 is 21.6 Å². The molecular weight excluding hydrogens is 348 g/mol. The number of anilines is 1. The lowest BCUT2D eigenvalue weighted by molar-refractivity contribution is 0.304. The second kappa shape index (κ2) is 8.54. The predicted octanol–water partition coefficient (Wildman–Crippen LogP) is 4.16. The van der Waals surface area contributed by atoms with Crippen LogP contribution in [-0.4, -0.2) is 21.2 Å². The molecule has 0 saturated carbocycles. The molecule has 1 aliphatic rings. The van der Waals surface area contributed by atoms with Gasteiger partial charge in [-0.15, -0.1) is 0 Å². The normalized spacial score (nSPS) is 16.4. The highest BCUT2D eigenvalue weighted by Gasteiger charge is 2.19. The maximum atomic E-state index is 11.8. The molecule has 1 N–H and O–H groups in total. The average Bonchev–Trinajstić information content (AvgIpc) is 2.60. The minimum Gasteiger partial charge on any atom is -0.462 e. The molecule has 0 amide bonds. The fourth-order valence-corrected chi connectivity index (χ4v) is 3.13. The summed E-state index contributed by atoms with van der Waals surface area (Å²) in [5, 5.41) is 12.5. The first kappa shape index (κ1) is 19.5. The molecule has 0 fully saturated rings. The van der Waals surface area contributed by atoms with Crippen LogP contribution >= 0.6 is 0 Å². The average molecular weight is 370 g/mol. The van der Waals surface area contributed by atoms with Crippen molar-refractivity contribution < 1.29 is 13.2 Å². The Kier molecular flexibility index (Phi) is 6.42. The van der Waals surface area contributed by atoms with Gasteiger partial charge in [0.1, 0.15) is 17.6 Å². The number of nitrogens with zero attached hydrogens (tertiary/aromatic N) is 1. The first-order valence-corrected chi connectivity index (χ1v) is 10.2. The van der Waals surface area contributed by atoms with Gasteiger partial charge in [-0.25, -0.2) is 8.42 Å². The van der Waals surface area contributed by atoms with Gasteiger partial charge in [-0.2, -0.15) is 5.26 Å². The topological polar surface area (TPSA) is 79.2 Å². The third-order valence-electron chi connectivity index (χ3n) is 3.68. The number of sulfone groups is 1. The van der Waals surface area contributed by atoms with E-state index in [1.54, 1.807) is 24.3 Å². The van der Waals surface area contributed by atoms with E-state index in [4.69, 9.17) is 4.74 Å².